The lowest BCUT2D eigenvalue weighted by Gasteiger charge is -2.06. The minimum absolute atomic E-state index is 0.802. The van der Waals surface area contributed by atoms with E-state index in [-0.39, 0.29) is 0 Å². The van der Waals surface area contributed by atoms with Crippen LogP contribution in [0.3, 0.4) is 0 Å². The maximum atomic E-state index is 5.58. The van der Waals surface area contributed by atoms with Crippen molar-refractivity contribution in [3.05, 3.63) is 47.4 Å². The van der Waals surface area contributed by atoms with Crippen molar-refractivity contribution < 1.29 is 4.42 Å². The van der Waals surface area contributed by atoms with Gasteiger partial charge in [-0.1, -0.05) is 25.1 Å². The number of furan rings is 1. The van der Waals surface area contributed by atoms with Gasteiger partial charge in [0.1, 0.15) is 5.76 Å². The van der Waals surface area contributed by atoms with Gasteiger partial charge in [0.2, 0.25) is 0 Å². The molecule has 0 unspecified atom stereocenters. The molecule has 0 fully saturated rings. The molecule has 0 bridgehead atoms. The van der Waals surface area contributed by atoms with Crippen LogP contribution in [-0.4, -0.2) is 6.54 Å². The summed E-state index contributed by atoms with van der Waals surface area (Å²) in [5.41, 5.74) is 5.56. The largest absolute Gasteiger partial charge is 0.467 e. The average Bonchev–Trinajstić information content (AvgIpc) is 3.03. The van der Waals surface area contributed by atoms with E-state index in [1.165, 1.54) is 41.5 Å². The molecule has 0 aliphatic heterocycles. The Balaban J connectivity index is 1.92. The summed E-state index contributed by atoms with van der Waals surface area (Å²) in [4.78, 5) is 0. The van der Waals surface area contributed by atoms with Crippen LogP contribution in [-0.2, 0) is 19.4 Å². The molecule has 2 heteroatoms. The van der Waals surface area contributed by atoms with Crippen LogP contribution in [0.25, 0.3) is 11.1 Å². The predicted octanol–water partition coefficient (Wildman–Crippen LogP) is 3.54. The number of benzene rings is 1. The molecule has 94 valence electrons. The summed E-state index contributed by atoms with van der Waals surface area (Å²) in [6.45, 7) is 3.87. The Morgan fingerprint density at radius 1 is 1.17 bits per heavy atom. The van der Waals surface area contributed by atoms with Crippen LogP contribution >= 0.6 is 0 Å². The van der Waals surface area contributed by atoms with Crippen LogP contribution in [0.15, 0.2) is 34.9 Å². The van der Waals surface area contributed by atoms with Gasteiger partial charge in [-0.15, -0.1) is 0 Å². The average molecular weight is 241 g/mol. The van der Waals surface area contributed by atoms with Crippen molar-refractivity contribution >= 4 is 0 Å². The Hall–Kier alpha value is -1.54. The van der Waals surface area contributed by atoms with E-state index in [0.717, 1.165) is 18.8 Å². The molecule has 1 N–H and O–H groups in total. The molecule has 0 saturated heterocycles. The van der Waals surface area contributed by atoms with Gasteiger partial charge in [0.15, 0.2) is 0 Å². The topological polar surface area (TPSA) is 25.2 Å². The molecule has 1 aliphatic rings. The summed E-state index contributed by atoms with van der Waals surface area (Å²) < 4.78 is 5.58. The summed E-state index contributed by atoms with van der Waals surface area (Å²) in [7, 11) is 0. The first kappa shape index (κ1) is 11.5. The van der Waals surface area contributed by atoms with Gasteiger partial charge >= 0.3 is 0 Å². The van der Waals surface area contributed by atoms with E-state index in [0.29, 0.717) is 0 Å². The van der Waals surface area contributed by atoms with E-state index in [1.54, 1.807) is 6.26 Å². The first-order chi connectivity index (χ1) is 8.88. The Labute approximate surface area is 108 Å². The lowest BCUT2D eigenvalue weighted by atomic mass is 10.0. The number of aryl methyl sites for hydroxylation is 2. The van der Waals surface area contributed by atoms with Gasteiger partial charge in [-0.25, -0.2) is 0 Å². The monoisotopic (exact) mass is 241 g/mol. The van der Waals surface area contributed by atoms with Crippen molar-refractivity contribution in [3.63, 3.8) is 0 Å². The first-order valence-electron chi connectivity index (χ1n) is 6.77. The fraction of sp³-hybridized carbons (Fsp3) is 0.375. The van der Waals surface area contributed by atoms with Gasteiger partial charge in [0.25, 0.3) is 0 Å². The van der Waals surface area contributed by atoms with Crippen LogP contribution < -0.4 is 5.32 Å². The molecule has 0 amide bonds. The Morgan fingerprint density at radius 2 is 2.06 bits per heavy atom. The summed E-state index contributed by atoms with van der Waals surface area (Å²) in [5.74, 6) is 1.04. The normalized spacial score (nSPS) is 13.8. The second kappa shape index (κ2) is 4.99. The van der Waals surface area contributed by atoms with Crippen molar-refractivity contribution in [1.82, 2.24) is 5.32 Å². The highest BCUT2D eigenvalue weighted by Crippen LogP contribution is 2.30. The van der Waals surface area contributed by atoms with Crippen LogP contribution in [0.1, 0.15) is 30.2 Å². The second-order valence-electron chi connectivity index (χ2n) is 4.87. The highest BCUT2D eigenvalue weighted by atomic mass is 16.3. The van der Waals surface area contributed by atoms with Crippen LogP contribution in [0, 0.1) is 0 Å². The molecule has 0 spiro atoms. The van der Waals surface area contributed by atoms with Crippen molar-refractivity contribution in [2.75, 3.05) is 6.54 Å². The SMILES string of the molecule is CCNCc1occc1-c1ccc2c(c1)CCC2. The van der Waals surface area contributed by atoms with E-state index >= 15 is 0 Å². The lowest BCUT2D eigenvalue weighted by molar-refractivity contribution is 0.489. The standard InChI is InChI=1S/C16H19NO/c1-2-17-11-16-15(8-9-18-16)14-7-6-12-4-3-5-13(12)10-14/h6-10,17H,2-5,11H2,1H3. The molecule has 0 atom stereocenters. The molecule has 1 heterocycles. The molecular weight excluding hydrogens is 222 g/mol. The van der Waals surface area contributed by atoms with Crippen molar-refractivity contribution in [2.45, 2.75) is 32.7 Å². The Morgan fingerprint density at radius 3 is 2.94 bits per heavy atom. The fourth-order valence-corrected chi connectivity index (χ4v) is 2.71. The van der Waals surface area contributed by atoms with Gasteiger partial charge < -0.3 is 9.73 Å². The number of fused-ring (bicyclic) bond motifs is 1. The van der Waals surface area contributed by atoms with Crippen molar-refractivity contribution in [1.29, 1.82) is 0 Å². The summed E-state index contributed by atoms with van der Waals surface area (Å²) in [6, 6.07) is 8.91. The maximum absolute atomic E-state index is 5.58. The highest BCUT2D eigenvalue weighted by molar-refractivity contribution is 5.67. The van der Waals surface area contributed by atoms with E-state index in [9.17, 15) is 0 Å². The molecule has 3 rings (SSSR count). The summed E-state index contributed by atoms with van der Waals surface area (Å²) in [5, 5.41) is 3.32. The number of nitrogens with one attached hydrogen (secondary N) is 1. The maximum Gasteiger partial charge on any atom is 0.125 e. The number of hydrogen-bond donors (Lipinski definition) is 1. The zero-order valence-electron chi connectivity index (χ0n) is 10.8. The molecule has 1 aliphatic carbocycles. The third-order valence-electron chi connectivity index (χ3n) is 3.69. The van der Waals surface area contributed by atoms with Gasteiger partial charge in [0.05, 0.1) is 12.8 Å². The predicted molar refractivity (Wildman–Crippen MR) is 73.5 cm³/mol. The van der Waals surface area contributed by atoms with Crippen LogP contribution in [0.2, 0.25) is 0 Å². The molecule has 2 aromatic rings. The van der Waals surface area contributed by atoms with Gasteiger partial charge in [0, 0.05) is 5.56 Å². The van der Waals surface area contributed by atoms with Crippen LogP contribution in [0.5, 0.6) is 0 Å². The minimum Gasteiger partial charge on any atom is -0.467 e. The van der Waals surface area contributed by atoms with E-state index < -0.39 is 0 Å². The molecule has 0 radical (unpaired) electrons. The molecule has 18 heavy (non-hydrogen) atoms. The van der Waals surface area contributed by atoms with Crippen molar-refractivity contribution in [3.8, 4) is 11.1 Å². The smallest absolute Gasteiger partial charge is 0.125 e. The van der Waals surface area contributed by atoms with E-state index in [1.807, 2.05) is 0 Å². The van der Waals surface area contributed by atoms with Crippen LogP contribution in [0.4, 0.5) is 0 Å². The summed E-state index contributed by atoms with van der Waals surface area (Å²) >= 11 is 0. The zero-order chi connectivity index (χ0) is 12.4. The van der Waals surface area contributed by atoms with E-state index in [4.69, 9.17) is 4.42 Å². The molecule has 1 aromatic carbocycles. The third kappa shape index (κ3) is 2.08. The highest BCUT2D eigenvalue weighted by Gasteiger charge is 2.14. The molecular formula is C16H19NO. The van der Waals surface area contributed by atoms with Gasteiger partial charge in [-0.3, -0.25) is 0 Å². The van der Waals surface area contributed by atoms with E-state index in [2.05, 4.69) is 36.5 Å². The zero-order valence-corrected chi connectivity index (χ0v) is 10.8. The number of hydrogen-bond acceptors (Lipinski definition) is 2. The summed E-state index contributed by atoms with van der Waals surface area (Å²) in [6.07, 6.45) is 5.55. The van der Waals surface area contributed by atoms with Crippen molar-refractivity contribution in [2.24, 2.45) is 0 Å². The lowest BCUT2D eigenvalue weighted by Crippen LogP contribution is -2.11. The molecule has 1 aromatic heterocycles. The second-order valence-corrected chi connectivity index (χ2v) is 4.87. The molecule has 2 nitrogen and oxygen atoms in total. The van der Waals surface area contributed by atoms with Gasteiger partial charge in [-0.05, 0) is 48.6 Å². The fourth-order valence-electron chi connectivity index (χ4n) is 2.71. The minimum atomic E-state index is 0.802. The Kier molecular flexibility index (Phi) is 3.20. The Bertz CT molecular complexity index is 542. The molecule has 0 saturated carbocycles. The van der Waals surface area contributed by atoms with Gasteiger partial charge in [-0.2, -0.15) is 0 Å². The third-order valence-corrected chi connectivity index (χ3v) is 3.69. The quantitative estimate of drug-likeness (QED) is 0.885. The first-order valence-corrected chi connectivity index (χ1v) is 6.77. The number of rotatable bonds is 4.